The summed E-state index contributed by atoms with van der Waals surface area (Å²) in [4.78, 5) is 15.6. The molecular formula is C12H22N4O. The minimum absolute atomic E-state index is 0.0870. The molecule has 96 valence electrons. The molecule has 0 fully saturated rings. The summed E-state index contributed by atoms with van der Waals surface area (Å²) < 4.78 is 2.02. The van der Waals surface area contributed by atoms with E-state index in [4.69, 9.17) is 0 Å². The third-order valence-corrected chi connectivity index (χ3v) is 2.42. The summed E-state index contributed by atoms with van der Waals surface area (Å²) in [5, 5.41) is 6.11. The van der Waals surface area contributed by atoms with E-state index in [0.717, 1.165) is 12.4 Å². The van der Waals surface area contributed by atoms with E-state index in [-0.39, 0.29) is 5.91 Å². The van der Waals surface area contributed by atoms with Gasteiger partial charge in [0.25, 0.3) is 0 Å². The Morgan fingerprint density at radius 3 is 2.94 bits per heavy atom. The van der Waals surface area contributed by atoms with E-state index in [1.165, 1.54) is 0 Å². The number of nitrogens with zero attached hydrogens (tertiary/aromatic N) is 2. The molecule has 0 aromatic carbocycles. The molecule has 0 spiro atoms. The number of hydrogen-bond donors (Lipinski definition) is 2. The van der Waals surface area contributed by atoms with Gasteiger partial charge >= 0.3 is 0 Å². The molecule has 0 aliphatic carbocycles. The highest BCUT2D eigenvalue weighted by molar-refractivity contribution is 5.75. The number of imidazole rings is 1. The Balaban J connectivity index is 2.42. The van der Waals surface area contributed by atoms with E-state index in [9.17, 15) is 4.79 Å². The molecule has 0 atom stereocenters. The van der Waals surface area contributed by atoms with E-state index in [2.05, 4.69) is 29.5 Å². The molecule has 0 radical (unpaired) electrons. The van der Waals surface area contributed by atoms with Crippen LogP contribution in [0.2, 0.25) is 0 Å². The smallest absolute Gasteiger partial charge is 0.221 e. The van der Waals surface area contributed by atoms with Crippen LogP contribution in [-0.4, -0.2) is 28.0 Å². The lowest BCUT2D eigenvalue weighted by Crippen LogP contribution is -2.26. The van der Waals surface area contributed by atoms with Gasteiger partial charge in [0.05, 0.1) is 6.54 Å². The zero-order valence-electron chi connectivity index (χ0n) is 10.9. The van der Waals surface area contributed by atoms with Gasteiger partial charge in [0.2, 0.25) is 5.91 Å². The second-order valence-corrected chi connectivity index (χ2v) is 4.28. The van der Waals surface area contributed by atoms with Gasteiger partial charge in [0, 0.05) is 37.9 Å². The van der Waals surface area contributed by atoms with Crippen molar-refractivity contribution in [2.75, 3.05) is 6.54 Å². The molecule has 1 heterocycles. The van der Waals surface area contributed by atoms with Crippen LogP contribution >= 0.6 is 0 Å². The number of aryl methyl sites for hydroxylation is 1. The molecule has 1 aromatic rings. The van der Waals surface area contributed by atoms with Gasteiger partial charge in [-0.2, -0.15) is 0 Å². The van der Waals surface area contributed by atoms with Crippen LogP contribution in [0.3, 0.4) is 0 Å². The molecule has 0 unspecified atom stereocenters. The molecule has 0 aliphatic heterocycles. The standard InChI is InChI=1S/C12H22N4O/c1-4-13-12(17)5-7-16-8-6-14-11(16)9-15-10(2)3/h6,8,10,15H,4-5,7,9H2,1-3H3,(H,13,17). The van der Waals surface area contributed by atoms with Gasteiger partial charge in [-0.3, -0.25) is 4.79 Å². The zero-order chi connectivity index (χ0) is 12.7. The number of aromatic nitrogens is 2. The summed E-state index contributed by atoms with van der Waals surface area (Å²) in [6.07, 6.45) is 4.19. The summed E-state index contributed by atoms with van der Waals surface area (Å²) >= 11 is 0. The summed E-state index contributed by atoms with van der Waals surface area (Å²) in [6.45, 7) is 8.22. The molecule has 5 heteroatoms. The molecule has 1 amide bonds. The van der Waals surface area contributed by atoms with Crippen molar-refractivity contribution in [2.24, 2.45) is 0 Å². The SMILES string of the molecule is CCNC(=O)CCn1ccnc1CNC(C)C. The lowest BCUT2D eigenvalue weighted by atomic mass is 10.3. The van der Waals surface area contributed by atoms with E-state index < -0.39 is 0 Å². The molecule has 0 saturated carbocycles. The Kier molecular flexibility index (Phi) is 5.69. The van der Waals surface area contributed by atoms with Crippen molar-refractivity contribution < 1.29 is 4.79 Å². The monoisotopic (exact) mass is 238 g/mol. The first-order valence-corrected chi connectivity index (χ1v) is 6.13. The average molecular weight is 238 g/mol. The lowest BCUT2D eigenvalue weighted by molar-refractivity contribution is -0.121. The minimum atomic E-state index is 0.0870. The first kappa shape index (κ1) is 13.7. The van der Waals surface area contributed by atoms with E-state index in [0.29, 0.717) is 25.6 Å². The number of hydrogen-bond acceptors (Lipinski definition) is 3. The van der Waals surface area contributed by atoms with Crippen LogP contribution in [0.15, 0.2) is 12.4 Å². The Labute approximate surface area is 103 Å². The molecule has 17 heavy (non-hydrogen) atoms. The number of carbonyl (C=O) groups excluding carboxylic acids is 1. The van der Waals surface area contributed by atoms with Crippen molar-refractivity contribution in [2.45, 2.75) is 46.3 Å². The van der Waals surface area contributed by atoms with Crippen LogP contribution in [-0.2, 0) is 17.9 Å². The quantitative estimate of drug-likeness (QED) is 0.742. The second kappa shape index (κ2) is 7.06. The van der Waals surface area contributed by atoms with Crippen LogP contribution in [0, 0.1) is 0 Å². The fourth-order valence-electron chi connectivity index (χ4n) is 1.51. The minimum Gasteiger partial charge on any atom is -0.356 e. The van der Waals surface area contributed by atoms with Crippen molar-refractivity contribution in [3.05, 3.63) is 18.2 Å². The fraction of sp³-hybridized carbons (Fsp3) is 0.667. The molecule has 0 saturated heterocycles. The van der Waals surface area contributed by atoms with E-state index in [1.807, 2.05) is 17.7 Å². The number of carbonyl (C=O) groups is 1. The third-order valence-electron chi connectivity index (χ3n) is 2.42. The van der Waals surface area contributed by atoms with Gasteiger partial charge in [-0.05, 0) is 6.92 Å². The predicted molar refractivity (Wildman–Crippen MR) is 67.5 cm³/mol. The first-order valence-electron chi connectivity index (χ1n) is 6.13. The van der Waals surface area contributed by atoms with Crippen molar-refractivity contribution in [3.63, 3.8) is 0 Å². The Hall–Kier alpha value is -1.36. The molecular weight excluding hydrogens is 216 g/mol. The Morgan fingerprint density at radius 1 is 1.53 bits per heavy atom. The largest absolute Gasteiger partial charge is 0.356 e. The van der Waals surface area contributed by atoms with E-state index in [1.54, 1.807) is 6.20 Å². The van der Waals surface area contributed by atoms with Crippen LogP contribution in [0.4, 0.5) is 0 Å². The van der Waals surface area contributed by atoms with Crippen LogP contribution < -0.4 is 10.6 Å². The molecule has 1 rings (SSSR count). The summed E-state index contributed by atoms with van der Waals surface area (Å²) in [6, 6.07) is 0.434. The molecule has 0 aliphatic rings. The first-order chi connectivity index (χ1) is 8.13. The fourth-order valence-corrected chi connectivity index (χ4v) is 1.51. The predicted octanol–water partition coefficient (Wildman–Crippen LogP) is 0.907. The molecule has 2 N–H and O–H groups in total. The molecule has 5 nitrogen and oxygen atoms in total. The van der Waals surface area contributed by atoms with Crippen molar-refractivity contribution in [1.82, 2.24) is 20.2 Å². The van der Waals surface area contributed by atoms with Gasteiger partial charge in [0.1, 0.15) is 5.82 Å². The normalized spacial score (nSPS) is 10.8. The van der Waals surface area contributed by atoms with Crippen LogP contribution in [0.25, 0.3) is 0 Å². The Morgan fingerprint density at radius 2 is 2.29 bits per heavy atom. The highest BCUT2D eigenvalue weighted by Crippen LogP contribution is 2.00. The maximum atomic E-state index is 11.4. The second-order valence-electron chi connectivity index (χ2n) is 4.28. The van der Waals surface area contributed by atoms with Gasteiger partial charge in [-0.1, -0.05) is 13.8 Å². The molecule has 0 bridgehead atoms. The van der Waals surface area contributed by atoms with Gasteiger partial charge in [0.15, 0.2) is 0 Å². The highest BCUT2D eigenvalue weighted by atomic mass is 16.1. The highest BCUT2D eigenvalue weighted by Gasteiger charge is 2.05. The Bertz CT molecular complexity index is 346. The zero-order valence-corrected chi connectivity index (χ0v) is 10.9. The van der Waals surface area contributed by atoms with Crippen molar-refractivity contribution >= 4 is 5.91 Å². The molecule has 1 aromatic heterocycles. The van der Waals surface area contributed by atoms with Crippen molar-refractivity contribution in [3.8, 4) is 0 Å². The van der Waals surface area contributed by atoms with Crippen LogP contribution in [0.1, 0.15) is 33.0 Å². The summed E-state index contributed by atoms with van der Waals surface area (Å²) in [5.74, 6) is 1.06. The maximum absolute atomic E-state index is 11.4. The number of rotatable bonds is 7. The van der Waals surface area contributed by atoms with Crippen LogP contribution in [0.5, 0.6) is 0 Å². The number of nitrogens with one attached hydrogen (secondary N) is 2. The third kappa shape index (κ3) is 4.99. The van der Waals surface area contributed by atoms with Gasteiger partial charge < -0.3 is 15.2 Å². The maximum Gasteiger partial charge on any atom is 0.221 e. The summed E-state index contributed by atoms with van der Waals surface area (Å²) in [5.41, 5.74) is 0. The topological polar surface area (TPSA) is 59.0 Å². The number of amides is 1. The summed E-state index contributed by atoms with van der Waals surface area (Å²) in [7, 11) is 0. The van der Waals surface area contributed by atoms with Gasteiger partial charge in [-0.25, -0.2) is 4.98 Å². The van der Waals surface area contributed by atoms with Crippen molar-refractivity contribution in [1.29, 1.82) is 0 Å². The average Bonchev–Trinajstić information content (AvgIpc) is 2.71. The van der Waals surface area contributed by atoms with Gasteiger partial charge in [-0.15, -0.1) is 0 Å². The lowest BCUT2D eigenvalue weighted by Gasteiger charge is -2.10. The van der Waals surface area contributed by atoms with E-state index >= 15 is 0 Å².